The van der Waals surface area contributed by atoms with E-state index in [4.69, 9.17) is 4.74 Å². The second-order valence-corrected chi connectivity index (χ2v) is 4.74. The standard InChI is InChI=1S/C12H15FN4O2/c13-8-5-15-12(16-6-8)17-3-1-9-10(7-17)19-4-2-14-11(9)18/h5-6,9-10H,1-4,7H2,(H,14,18)/t9-,10+/m1/s1. The summed E-state index contributed by atoms with van der Waals surface area (Å²) < 4.78 is 18.5. The van der Waals surface area contributed by atoms with E-state index in [2.05, 4.69) is 15.3 Å². The second kappa shape index (κ2) is 5.08. The van der Waals surface area contributed by atoms with Crippen LogP contribution in [-0.2, 0) is 9.53 Å². The lowest BCUT2D eigenvalue weighted by molar-refractivity contribution is -0.128. The molecule has 0 spiro atoms. The third kappa shape index (κ3) is 2.51. The molecule has 2 aliphatic heterocycles. The highest BCUT2D eigenvalue weighted by Gasteiger charge is 2.36. The number of aromatic nitrogens is 2. The van der Waals surface area contributed by atoms with E-state index < -0.39 is 5.82 Å². The van der Waals surface area contributed by atoms with Gasteiger partial charge in [-0.05, 0) is 6.42 Å². The number of carbonyl (C=O) groups is 1. The number of nitrogens with zero attached hydrogens (tertiary/aromatic N) is 3. The van der Waals surface area contributed by atoms with Gasteiger partial charge in [-0.3, -0.25) is 4.79 Å². The fraction of sp³-hybridized carbons (Fsp3) is 0.583. The monoisotopic (exact) mass is 266 g/mol. The number of hydrogen-bond acceptors (Lipinski definition) is 5. The summed E-state index contributed by atoms with van der Waals surface area (Å²) in [5.74, 6) is -0.0294. The van der Waals surface area contributed by atoms with E-state index in [1.807, 2.05) is 4.90 Å². The fourth-order valence-corrected chi connectivity index (χ4v) is 2.55. The normalized spacial score (nSPS) is 27.4. The molecule has 2 fully saturated rings. The first kappa shape index (κ1) is 12.3. The molecule has 0 unspecified atom stereocenters. The van der Waals surface area contributed by atoms with Gasteiger partial charge >= 0.3 is 0 Å². The highest BCUT2D eigenvalue weighted by Crippen LogP contribution is 2.24. The lowest BCUT2D eigenvalue weighted by atomic mass is 9.93. The number of halogens is 1. The van der Waals surface area contributed by atoms with Crippen LogP contribution in [-0.4, -0.2) is 48.2 Å². The molecule has 0 saturated carbocycles. The average Bonchev–Trinajstić information content (AvgIpc) is 2.61. The van der Waals surface area contributed by atoms with Gasteiger partial charge in [-0.15, -0.1) is 0 Å². The highest BCUT2D eigenvalue weighted by molar-refractivity contribution is 5.79. The summed E-state index contributed by atoms with van der Waals surface area (Å²) in [6, 6.07) is 0. The molecule has 0 aromatic carbocycles. The molecule has 2 saturated heterocycles. The number of hydrogen-bond donors (Lipinski definition) is 1. The van der Waals surface area contributed by atoms with Gasteiger partial charge in [-0.1, -0.05) is 0 Å². The number of amides is 1. The Morgan fingerprint density at radius 3 is 3.00 bits per heavy atom. The zero-order chi connectivity index (χ0) is 13.2. The van der Waals surface area contributed by atoms with Gasteiger partial charge < -0.3 is 15.0 Å². The molecule has 0 radical (unpaired) electrons. The van der Waals surface area contributed by atoms with E-state index in [1.165, 1.54) is 0 Å². The van der Waals surface area contributed by atoms with Crippen LogP contribution in [0.25, 0.3) is 0 Å². The molecule has 3 heterocycles. The molecule has 19 heavy (non-hydrogen) atoms. The van der Waals surface area contributed by atoms with Gasteiger partial charge in [-0.2, -0.15) is 0 Å². The van der Waals surface area contributed by atoms with Gasteiger partial charge in [0.05, 0.1) is 31.0 Å². The number of carbonyl (C=O) groups excluding carboxylic acids is 1. The Morgan fingerprint density at radius 2 is 2.21 bits per heavy atom. The first-order valence-electron chi connectivity index (χ1n) is 6.36. The van der Waals surface area contributed by atoms with Crippen LogP contribution >= 0.6 is 0 Å². The van der Waals surface area contributed by atoms with Crippen LogP contribution in [0.3, 0.4) is 0 Å². The third-order valence-electron chi connectivity index (χ3n) is 3.52. The van der Waals surface area contributed by atoms with Crippen LogP contribution in [0.4, 0.5) is 10.3 Å². The maximum atomic E-state index is 12.8. The zero-order valence-electron chi connectivity index (χ0n) is 10.4. The topological polar surface area (TPSA) is 67.3 Å². The lowest BCUT2D eigenvalue weighted by Gasteiger charge is -2.36. The number of nitrogens with one attached hydrogen (secondary N) is 1. The summed E-state index contributed by atoms with van der Waals surface area (Å²) in [5.41, 5.74) is 0. The van der Waals surface area contributed by atoms with Crippen LogP contribution in [0.1, 0.15) is 6.42 Å². The van der Waals surface area contributed by atoms with Crippen LogP contribution in [0, 0.1) is 11.7 Å². The van der Waals surface area contributed by atoms with Crippen molar-refractivity contribution in [2.45, 2.75) is 12.5 Å². The molecule has 1 amide bonds. The van der Waals surface area contributed by atoms with Gasteiger partial charge in [0.2, 0.25) is 11.9 Å². The molecular formula is C12H15FN4O2. The fourth-order valence-electron chi connectivity index (χ4n) is 2.55. The molecule has 0 aliphatic carbocycles. The van der Waals surface area contributed by atoms with Crippen molar-refractivity contribution >= 4 is 11.9 Å². The number of ether oxygens (including phenoxy) is 1. The van der Waals surface area contributed by atoms with Crippen LogP contribution in [0.2, 0.25) is 0 Å². The van der Waals surface area contributed by atoms with Crippen molar-refractivity contribution in [3.8, 4) is 0 Å². The van der Waals surface area contributed by atoms with Gasteiger partial charge in [0.15, 0.2) is 5.82 Å². The number of rotatable bonds is 1. The zero-order valence-corrected chi connectivity index (χ0v) is 10.4. The lowest BCUT2D eigenvalue weighted by Crippen LogP contribution is -2.49. The molecule has 0 bridgehead atoms. The van der Waals surface area contributed by atoms with Crippen molar-refractivity contribution in [1.82, 2.24) is 15.3 Å². The second-order valence-electron chi connectivity index (χ2n) is 4.74. The summed E-state index contributed by atoms with van der Waals surface area (Å²) >= 11 is 0. The van der Waals surface area contributed by atoms with Crippen molar-refractivity contribution in [2.24, 2.45) is 5.92 Å². The average molecular weight is 266 g/mol. The van der Waals surface area contributed by atoms with Crippen LogP contribution < -0.4 is 10.2 Å². The molecule has 7 heteroatoms. The quantitative estimate of drug-likeness (QED) is 0.772. The smallest absolute Gasteiger partial charge is 0.225 e. The van der Waals surface area contributed by atoms with Gasteiger partial charge in [0.1, 0.15) is 0 Å². The Kier molecular flexibility index (Phi) is 3.29. The first-order chi connectivity index (χ1) is 9.24. The molecule has 2 aliphatic rings. The van der Waals surface area contributed by atoms with Gasteiger partial charge in [0, 0.05) is 19.6 Å². The largest absolute Gasteiger partial charge is 0.374 e. The van der Waals surface area contributed by atoms with E-state index in [9.17, 15) is 9.18 Å². The van der Waals surface area contributed by atoms with Crippen molar-refractivity contribution < 1.29 is 13.9 Å². The van der Waals surface area contributed by atoms with Crippen molar-refractivity contribution in [3.05, 3.63) is 18.2 Å². The summed E-state index contributed by atoms with van der Waals surface area (Å²) in [5, 5.41) is 2.84. The summed E-state index contributed by atoms with van der Waals surface area (Å²) in [7, 11) is 0. The van der Waals surface area contributed by atoms with Crippen LogP contribution in [0.5, 0.6) is 0 Å². The summed E-state index contributed by atoms with van der Waals surface area (Å²) in [6.45, 7) is 2.30. The number of fused-ring (bicyclic) bond motifs is 1. The van der Waals surface area contributed by atoms with E-state index in [0.717, 1.165) is 12.4 Å². The van der Waals surface area contributed by atoms with E-state index in [1.54, 1.807) is 0 Å². The minimum atomic E-state index is -0.455. The Hall–Kier alpha value is -1.76. The molecule has 102 valence electrons. The summed E-state index contributed by atoms with van der Waals surface area (Å²) in [4.78, 5) is 21.7. The van der Waals surface area contributed by atoms with Crippen molar-refractivity contribution in [3.63, 3.8) is 0 Å². The minimum Gasteiger partial charge on any atom is -0.374 e. The molecule has 1 aromatic rings. The number of piperidine rings is 1. The molecule has 6 nitrogen and oxygen atoms in total. The SMILES string of the molecule is O=C1NCCO[C@H]2CN(c3ncc(F)cn3)CC[C@@H]12. The first-order valence-corrected chi connectivity index (χ1v) is 6.36. The predicted molar refractivity (Wildman–Crippen MR) is 65.1 cm³/mol. The Bertz CT molecular complexity index is 467. The van der Waals surface area contributed by atoms with Gasteiger partial charge in [-0.25, -0.2) is 14.4 Å². The Morgan fingerprint density at radius 1 is 1.42 bits per heavy atom. The Labute approximate surface area is 110 Å². The van der Waals surface area contributed by atoms with Crippen molar-refractivity contribution in [2.75, 3.05) is 31.1 Å². The predicted octanol–water partition coefficient (Wildman–Crippen LogP) is -0.0430. The molecule has 3 rings (SSSR count). The molecule has 1 aromatic heterocycles. The van der Waals surface area contributed by atoms with E-state index in [-0.39, 0.29) is 17.9 Å². The van der Waals surface area contributed by atoms with Gasteiger partial charge in [0.25, 0.3) is 0 Å². The van der Waals surface area contributed by atoms with Crippen LogP contribution in [0.15, 0.2) is 12.4 Å². The Balaban J connectivity index is 1.74. The maximum absolute atomic E-state index is 12.8. The molecular weight excluding hydrogens is 251 g/mol. The highest BCUT2D eigenvalue weighted by atomic mass is 19.1. The molecule has 2 atom stereocenters. The third-order valence-corrected chi connectivity index (χ3v) is 3.52. The maximum Gasteiger partial charge on any atom is 0.225 e. The van der Waals surface area contributed by atoms with E-state index in [0.29, 0.717) is 38.6 Å². The number of anilines is 1. The minimum absolute atomic E-state index is 0.0576. The molecule has 1 N–H and O–H groups in total. The van der Waals surface area contributed by atoms with E-state index >= 15 is 0 Å². The summed E-state index contributed by atoms with van der Waals surface area (Å²) in [6.07, 6.45) is 2.84. The van der Waals surface area contributed by atoms with Crippen molar-refractivity contribution in [1.29, 1.82) is 0 Å².